The fraction of sp³-hybridized carbons (Fsp3) is 0.524. The van der Waals surface area contributed by atoms with E-state index in [1.807, 2.05) is 12.1 Å². The summed E-state index contributed by atoms with van der Waals surface area (Å²) in [4.78, 5) is 2.45. The largest absolute Gasteiger partial charge is 0.497 e. The van der Waals surface area contributed by atoms with Crippen molar-refractivity contribution >= 4 is 5.69 Å². The van der Waals surface area contributed by atoms with Crippen LogP contribution in [0.2, 0.25) is 0 Å². The molecular formula is C21H33NO. The fourth-order valence-corrected chi connectivity index (χ4v) is 2.42. The third-order valence-corrected chi connectivity index (χ3v) is 3.97. The Balaban J connectivity index is 2.67. The van der Waals surface area contributed by atoms with Gasteiger partial charge >= 0.3 is 0 Å². The number of nitrogens with zero attached hydrogens (tertiary/aromatic N) is 1. The lowest BCUT2D eigenvalue weighted by atomic mass is 10.1. The first-order valence-corrected chi connectivity index (χ1v) is 8.74. The minimum Gasteiger partial charge on any atom is -0.497 e. The summed E-state index contributed by atoms with van der Waals surface area (Å²) in [7, 11) is 1.71. The molecule has 0 bridgehead atoms. The summed E-state index contributed by atoms with van der Waals surface area (Å²) in [6.07, 6.45) is 9.42. The van der Waals surface area contributed by atoms with Gasteiger partial charge in [0.2, 0.25) is 0 Å². The maximum absolute atomic E-state index is 5.26. The molecule has 0 fully saturated rings. The molecule has 23 heavy (non-hydrogen) atoms. The molecule has 0 saturated carbocycles. The third kappa shape index (κ3) is 7.92. The van der Waals surface area contributed by atoms with Crippen molar-refractivity contribution in [3.8, 4) is 5.75 Å². The highest BCUT2D eigenvalue weighted by Gasteiger charge is 2.05. The van der Waals surface area contributed by atoms with E-state index >= 15 is 0 Å². The van der Waals surface area contributed by atoms with E-state index in [2.05, 4.69) is 56.9 Å². The van der Waals surface area contributed by atoms with Crippen LogP contribution in [0.15, 0.2) is 47.6 Å². The third-order valence-electron chi connectivity index (χ3n) is 3.97. The lowest BCUT2D eigenvalue weighted by molar-refractivity contribution is 0.415. The molecule has 1 aromatic carbocycles. The molecule has 0 radical (unpaired) electrons. The maximum atomic E-state index is 5.26. The highest BCUT2D eigenvalue weighted by molar-refractivity contribution is 5.49. The molecule has 0 spiro atoms. The minimum absolute atomic E-state index is 0.914. The van der Waals surface area contributed by atoms with E-state index in [-0.39, 0.29) is 0 Å². The summed E-state index contributed by atoms with van der Waals surface area (Å²) in [6.45, 7) is 10.9. The van der Waals surface area contributed by atoms with Gasteiger partial charge in [0.1, 0.15) is 5.75 Å². The van der Waals surface area contributed by atoms with Crippen LogP contribution >= 0.6 is 0 Å². The summed E-state index contributed by atoms with van der Waals surface area (Å²) in [6, 6.07) is 8.39. The number of anilines is 1. The first-order valence-electron chi connectivity index (χ1n) is 8.74. The van der Waals surface area contributed by atoms with Crippen molar-refractivity contribution in [2.45, 2.75) is 53.4 Å². The topological polar surface area (TPSA) is 12.5 Å². The van der Waals surface area contributed by atoms with E-state index in [4.69, 9.17) is 4.74 Å². The molecule has 0 amide bonds. The monoisotopic (exact) mass is 315 g/mol. The van der Waals surface area contributed by atoms with E-state index in [0.29, 0.717) is 0 Å². The van der Waals surface area contributed by atoms with Crippen LogP contribution in [0.25, 0.3) is 0 Å². The van der Waals surface area contributed by atoms with E-state index in [0.717, 1.165) is 31.7 Å². The molecule has 0 aromatic heterocycles. The maximum Gasteiger partial charge on any atom is 0.119 e. The highest BCUT2D eigenvalue weighted by atomic mass is 16.5. The number of hydrogen-bond acceptors (Lipinski definition) is 2. The van der Waals surface area contributed by atoms with Crippen LogP contribution in [0.1, 0.15) is 53.4 Å². The number of benzene rings is 1. The molecule has 0 heterocycles. The van der Waals surface area contributed by atoms with E-state index in [9.17, 15) is 0 Å². The van der Waals surface area contributed by atoms with Gasteiger partial charge in [-0.05, 0) is 64.3 Å². The van der Waals surface area contributed by atoms with Gasteiger partial charge < -0.3 is 9.64 Å². The highest BCUT2D eigenvalue weighted by Crippen LogP contribution is 2.20. The first-order chi connectivity index (χ1) is 11.1. The van der Waals surface area contributed by atoms with Gasteiger partial charge in [-0.2, -0.15) is 0 Å². The van der Waals surface area contributed by atoms with Crippen molar-refractivity contribution in [1.29, 1.82) is 0 Å². The fourth-order valence-electron chi connectivity index (χ4n) is 2.42. The van der Waals surface area contributed by atoms with Gasteiger partial charge in [0, 0.05) is 18.8 Å². The van der Waals surface area contributed by atoms with Gasteiger partial charge in [0.05, 0.1) is 7.11 Å². The Hall–Kier alpha value is -1.70. The molecule has 0 saturated heterocycles. The van der Waals surface area contributed by atoms with Crippen LogP contribution in [0.5, 0.6) is 5.75 Å². The number of allylic oxidation sites excluding steroid dienone is 3. The average molecular weight is 316 g/mol. The number of ether oxygens (including phenoxy) is 1. The van der Waals surface area contributed by atoms with Crippen LogP contribution in [0, 0.1) is 0 Å². The zero-order chi connectivity index (χ0) is 17.1. The Labute approximate surface area is 142 Å². The van der Waals surface area contributed by atoms with Gasteiger partial charge in [-0.3, -0.25) is 0 Å². The second-order valence-electron chi connectivity index (χ2n) is 6.37. The van der Waals surface area contributed by atoms with Gasteiger partial charge in [0.15, 0.2) is 0 Å². The predicted octanol–water partition coefficient (Wildman–Crippen LogP) is 5.99. The number of rotatable bonds is 10. The molecule has 128 valence electrons. The van der Waals surface area contributed by atoms with Crippen molar-refractivity contribution in [1.82, 2.24) is 0 Å². The zero-order valence-electron chi connectivity index (χ0n) is 15.6. The summed E-state index contributed by atoms with van der Waals surface area (Å²) in [5, 5.41) is 0. The van der Waals surface area contributed by atoms with Crippen molar-refractivity contribution in [2.24, 2.45) is 0 Å². The summed E-state index contributed by atoms with van der Waals surface area (Å²) < 4.78 is 5.26. The second-order valence-corrected chi connectivity index (χ2v) is 6.37. The van der Waals surface area contributed by atoms with Crippen molar-refractivity contribution in [3.63, 3.8) is 0 Å². The molecule has 1 rings (SSSR count). The molecule has 2 nitrogen and oxygen atoms in total. The van der Waals surface area contributed by atoms with Gasteiger partial charge in [-0.25, -0.2) is 0 Å². The molecule has 0 aliphatic heterocycles. The van der Waals surface area contributed by atoms with Crippen LogP contribution in [0.4, 0.5) is 5.69 Å². The van der Waals surface area contributed by atoms with Crippen molar-refractivity contribution in [3.05, 3.63) is 47.6 Å². The molecule has 1 aromatic rings. The molecule has 2 heteroatoms. The molecule has 0 aliphatic rings. The summed E-state index contributed by atoms with van der Waals surface area (Å²) >= 11 is 0. The Kier molecular flexibility index (Phi) is 9.20. The lowest BCUT2D eigenvalue weighted by Gasteiger charge is -2.24. The Morgan fingerprint density at radius 1 is 1.09 bits per heavy atom. The quantitative estimate of drug-likeness (QED) is 0.491. The van der Waals surface area contributed by atoms with Crippen molar-refractivity contribution in [2.75, 3.05) is 25.1 Å². The number of unbranched alkanes of at least 4 members (excludes halogenated alkanes) is 1. The minimum atomic E-state index is 0.914. The van der Waals surface area contributed by atoms with Gasteiger partial charge in [-0.15, -0.1) is 0 Å². The Bertz CT molecular complexity index is 495. The SMILES string of the molecule is CCCCN(C/C=C(\C)CCC=C(C)C)c1ccc(OC)cc1. The molecular weight excluding hydrogens is 282 g/mol. The number of methoxy groups -OCH3 is 1. The van der Waals surface area contributed by atoms with Crippen LogP contribution in [-0.4, -0.2) is 20.2 Å². The van der Waals surface area contributed by atoms with E-state index in [1.54, 1.807) is 7.11 Å². The van der Waals surface area contributed by atoms with Gasteiger partial charge in [0.25, 0.3) is 0 Å². The van der Waals surface area contributed by atoms with Crippen LogP contribution in [-0.2, 0) is 0 Å². The normalized spacial score (nSPS) is 11.3. The molecule has 0 atom stereocenters. The number of hydrogen-bond donors (Lipinski definition) is 0. The summed E-state index contributed by atoms with van der Waals surface area (Å²) in [5.74, 6) is 0.914. The van der Waals surface area contributed by atoms with Crippen molar-refractivity contribution < 1.29 is 4.74 Å². The van der Waals surface area contributed by atoms with E-state index < -0.39 is 0 Å². The molecule has 0 N–H and O–H groups in total. The lowest BCUT2D eigenvalue weighted by Crippen LogP contribution is -2.24. The molecule has 0 unspecified atom stereocenters. The molecule has 0 aliphatic carbocycles. The first kappa shape index (κ1) is 19.3. The van der Waals surface area contributed by atoms with E-state index in [1.165, 1.54) is 29.7 Å². The standard InChI is InChI=1S/C21H33NO/c1-6-7-16-22(20-11-13-21(23-5)14-12-20)17-15-19(4)10-8-9-18(2)3/h9,11-15H,6-8,10,16-17H2,1-5H3/b19-15+. The Morgan fingerprint density at radius 2 is 1.78 bits per heavy atom. The van der Waals surface area contributed by atoms with Crippen LogP contribution in [0.3, 0.4) is 0 Å². The zero-order valence-corrected chi connectivity index (χ0v) is 15.6. The second kappa shape index (κ2) is 10.9. The van der Waals surface area contributed by atoms with Crippen LogP contribution < -0.4 is 9.64 Å². The summed E-state index contributed by atoms with van der Waals surface area (Å²) in [5.41, 5.74) is 4.14. The Morgan fingerprint density at radius 3 is 2.35 bits per heavy atom. The predicted molar refractivity (Wildman–Crippen MR) is 103 cm³/mol. The van der Waals surface area contributed by atoms with Gasteiger partial charge in [-0.1, -0.05) is 36.6 Å². The smallest absolute Gasteiger partial charge is 0.119 e. The average Bonchev–Trinajstić information content (AvgIpc) is 2.55.